The average Bonchev–Trinajstić information content (AvgIpc) is 2.28. The van der Waals surface area contributed by atoms with Crippen molar-refractivity contribution >= 4 is 23.3 Å². The molecule has 1 aromatic rings. The molecule has 17 heavy (non-hydrogen) atoms. The Bertz CT molecular complexity index is 410. The fraction of sp³-hybridized carbons (Fsp3) is 0.364. The van der Waals surface area contributed by atoms with E-state index < -0.39 is 4.92 Å². The fourth-order valence-corrected chi connectivity index (χ4v) is 1.84. The summed E-state index contributed by atoms with van der Waals surface area (Å²) in [6.07, 6.45) is 1.86. The highest BCUT2D eigenvalue weighted by Crippen LogP contribution is 2.17. The Kier molecular flexibility index (Phi) is 5.48. The van der Waals surface area contributed by atoms with Gasteiger partial charge in [0, 0.05) is 24.1 Å². The first-order chi connectivity index (χ1) is 8.15. The minimum atomic E-state index is -0.425. The van der Waals surface area contributed by atoms with Gasteiger partial charge in [0.05, 0.1) is 4.92 Å². The minimum Gasteiger partial charge on any atom is -0.369 e. The highest BCUT2D eigenvalue weighted by atomic mass is 32.2. The molecule has 0 aliphatic heterocycles. The lowest BCUT2D eigenvalue weighted by molar-refractivity contribution is -0.385. The lowest BCUT2D eigenvalue weighted by atomic mass is 10.3. The Balaban J connectivity index is 2.47. The fourth-order valence-electron chi connectivity index (χ4n) is 1.26. The molecule has 0 atom stereocenters. The number of thioether (sulfide) groups is 1. The van der Waals surface area contributed by atoms with E-state index in [2.05, 4.69) is 16.9 Å². The second kappa shape index (κ2) is 6.90. The molecule has 0 aliphatic rings. The predicted molar refractivity (Wildman–Crippen MR) is 71.6 cm³/mol. The monoisotopic (exact) mass is 253 g/mol. The molecule has 92 valence electrons. The first kappa shape index (κ1) is 13.5. The smallest absolute Gasteiger partial charge is 0.290 e. The lowest BCUT2D eigenvalue weighted by Crippen LogP contribution is -2.07. The summed E-state index contributed by atoms with van der Waals surface area (Å²) in [6.45, 7) is 6.05. The molecule has 0 fully saturated rings. The van der Waals surface area contributed by atoms with E-state index >= 15 is 0 Å². The van der Waals surface area contributed by atoms with Gasteiger partial charge in [-0.05, 0) is 13.0 Å². The van der Waals surface area contributed by atoms with Crippen LogP contribution in [0.2, 0.25) is 0 Å². The Hall–Kier alpha value is -1.56. The Morgan fingerprint density at radius 3 is 3.00 bits per heavy atom. The zero-order valence-electron chi connectivity index (χ0n) is 9.68. The zero-order chi connectivity index (χ0) is 12.7. The van der Waals surface area contributed by atoms with Crippen LogP contribution < -0.4 is 5.32 Å². The molecule has 0 saturated carbocycles. The molecule has 1 heterocycles. The van der Waals surface area contributed by atoms with Gasteiger partial charge < -0.3 is 5.32 Å². The molecule has 0 aromatic carbocycles. The summed E-state index contributed by atoms with van der Waals surface area (Å²) < 4.78 is 0. The van der Waals surface area contributed by atoms with Crippen LogP contribution >= 0.6 is 11.8 Å². The number of nitro groups is 1. The van der Waals surface area contributed by atoms with Gasteiger partial charge in [-0.3, -0.25) is 10.1 Å². The molecule has 0 aliphatic carbocycles. The van der Waals surface area contributed by atoms with Crippen LogP contribution in [0.1, 0.15) is 5.69 Å². The molecule has 0 spiro atoms. The van der Waals surface area contributed by atoms with Crippen LogP contribution in [-0.2, 0) is 0 Å². The zero-order valence-corrected chi connectivity index (χ0v) is 10.5. The van der Waals surface area contributed by atoms with Gasteiger partial charge in [0.2, 0.25) is 0 Å². The minimum absolute atomic E-state index is 0.0524. The summed E-state index contributed by atoms with van der Waals surface area (Å²) >= 11 is 1.77. The maximum Gasteiger partial charge on any atom is 0.290 e. The van der Waals surface area contributed by atoms with Gasteiger partial charge in [-0.1, -0.05) is 6.08 Å². The van der Waals surface area contributed by atoms with Crippen molar-refractivity contribution in [1.82, 2.24) is 4.98 Å². The Morgan fingerprint density at radius 2 is 2.41 bits per heavy atom. The number of aryl methyl sites for hydroxylation is 1. The van der Waals surface area contributed by atoms with E-state index in [9.17, 15) is 10.1 Å². The van der Waals surface area contributed by atoms with E-state index in [1.165, 1.54) is 6.07 Å². The van der Waals surface area contributed by atoms with E-state index in [0.29, 0.717) is 11.5 Å². The number of rotatable bonds is 7. The molecule has 6 heteroatoms. The Labute approximate surface area is 104 Å². The van der Waals surface area contributed by atoms with Crippen LogP contribution in [0.15, 0.2) is 24.8 Å². The summed E-state index contributed by atoms with van der Waals surface area (Å²) in [6, 6.07) is 3.10. The molecule has 1 N–H and O–H groups in total. The van der Waals surface area contributed by atoms with Gasteiger partial charge in [0.1, 0.15) is 11.5 Å². The van der Waals surface area contributed by atoms with Crippen LogP contribution in [0.4, 0.5) is 11.5 Å². The third kappa shape index (κ3) is 4.44. The number of pyridine rings is 1. The molecule has 5 nitrogen and oxygen atoms in total. The van der Waals surface area contributed by atoms with Gasteiger partial charge in [0.15, 0.2) is 0 Å². The van der Waals surface area contributed by atoms with Crippen LogP contribution in [-0.4, -0.2) is 28.0 Å². The molecule has 1 aromatic heterocycles. The van der Waals surface area contributed by atoms with Crippen LogP contribution in [0, 0.1) is 17.0 Å². The molecular formula is C11H15N3O2S. The maximum atomic E-state index is 10.6. The van der Waals surface area contributed by atoms with Gasteiger partial charge in [-0.15, -0.1) is 6.58 Å². The first-order valence-corrected chi connectivity index (χ1v) is 6.35. The standard InChI is InChI=1S/C11H15N3O2S/c1-3-7-17-8-6-12-11-5-4-10(14(15)16)9(2)13-11/h3-5H,1,6-8H2,2H3,(H,12,13). The summed E-state index contributed by atoms with van der Waals surface area (Å²) in [5.41, 5.74) is 0.482. The Morgan fingerprint density at radius 1 is 1.65 bits per heavy atom. The van der Waals surface area contributed by atoms with Crippen molar-refractivity contribution in [3.63, 3.8) is 0 Å². The molecule has 0 unspecified atom stereocenters. The van der Waals surface area contributed by atoms with Crippen molar-refractivity contribution < 1.29 is 4.92 Å². The average molecular weight is 253 g/mol. The van der Waals surface area contributed by atoms with Gasteiger partial charge in [-0.25, -0.2) is 4.98 Å². The maximum absolute atomic E-state index is 10.6. The second-order valence-electron chi connectivity index (χ2n) is 3.35. The van der Waals surface area contributed by atoms with E-state index in [1.54, 1.807) is 24.8 Å². The van der Waals surface area contributed by atoms with Crippen LogP contribution in [0.5, 0.6) is 0 Å². The molecule has 0 amide bonds. The number of anilines is 1. The van der Waals surface area contributed by atoms with Crippen LogP contribution in [0.3, 0.4) is 0 Å². The summed E-state index contributed by atoms with van der Waals surface area (Å²) in [4.78, 5) is 14.3. The third-order valence-electron chi connectivity index (χ3n) is 2.04. The van der Waals surface area contributed by atoms with Gasteiger partial charge >= 0.3 is 0 Å². The second-order valence-corrected chi connectivity index (χ2v) is 4.50. The summed E-state index contributed by atoms with van der Waals surface area (Å²) in [7, 11) is 0. The molecule has 0 saturated heterocycles. The van der Waals surface area contributed by atoms with E-state index in [4.69, 9.17) is 0 Å². The molecule has 0 bridgehead atoms. The van der Waals surface area contributed by atoms with Crippen molar-refractivity contribution in [3.05, 3.63) is 40.6 Å². The summed E-state index contributed by atoms with van der Waals surface area (Å²) in [5, 5.41) is 13.7. The van der Waals surface area contributed by atoms with E-state index in [0.717, 1.165) is 18.1 Å². The molecular weight excluding hydrogens is 238 g/mol. The third-order valence-corrected chi connectivity index (χ3v) is 3.01. The predicted octanol–water partition coefficient (Wildman–Crippen LogP) is 2.63. The topological polar surface area (TPSA) is 68.1 Å². The molecule has 0 radical (unpaired) electrons. The number of hydrogen-bond donors (Lipinski definition) is 1. The first-order valence-electron chi connectivity index (χ1n) is 5.19. The van der Waals surface area contributed by atoms with Gasteiger partial charge in [-0.2, -0.15) is 11.8 Å². The highest BCUT2D eigenvalue weighted by Gasteiger charge is 2.11. The van der Waals surface area contributed by atoms with Crippen molar-refractivity contribution in [1.29, 1.82) is 0 Å². The largest absolute Gasteiger partial charge is 0.369 e. The summed E-state index contributed by atoms with van der Waals surface area (Å²) in [5.74, 6) is 2.55. The number of nitrogens with one attached hydrogen (secondary N) is 1. The quantitative estimate of drug-likeness (QED) is 0.350. The van der Waals surface area contributed by atoms with Crippen molar-refractivity contribution in [2.24, 2.45) is 0 Å². The van der Waals surface area contributed by atoms with Crippen molar-refractivity contribution in [3.8, 4) is 0 Å². The number of hydrogen-bond acceptors (Lipinski definition) is 5. The lowest BCUT2D eigenvalue weighted by Gasteiger charge is -2.05. The highest BCUT2D eigenvalue weighted by molar-refractivity contribution is 7.99. The van der Waals surface area contributed by atoms with Crippen LogP contribution in [0.25, 0.3) is 0 Å². The van der Waals surface area contributed by atoms with Gasteiger partial charge in [0.25, 0.3) is 5.69 Å². The molecule has 1 rings (SSSR count). The van der Waals surface area contributed by atoms with Crippen molar-refractivity contribution in [2.45, 2.75) is 6.92 Å². The van der Waals surface area contributed by atoms with Crippen molar-refractivity contribution in [2.75, 3.05) is 23.4 Å². The normalized spacial score (nSPS) is 9.94. The van der Waals surface area contributed by atoms with E-state index in [-0.39, 0.29) is 5.69 Å². The number of aromatic nitrogens is 1. The SMILES string of the molecule is C=CCSCCNc1ccc([N+](=O)[O-])c(C)n1. The number of nitrogens with zero attached hydrogens (tertiary/aromatic N) is 2. The van der Waals surface area contributed by atoms with E-state index in [1.807, 2.05) is 6.08 Å².